The highest BCUT2D eigenvalue weighted by Crippen LogP contribution is 2.23. The van der Waals surface area contributed by atoms with Crippen molar-refractivity contribution in [2.24, 2.45) is 0 Å². The van der Waals surface area contributed by atoms with E-state index in [-0.39, 0.29) is 11.5 Å². The maximum atomic E-state index is 11.5. The molecule has 0 bridgehead atoms. The lowest BCUT2D eigenvalue weighted by molar-refractivity contribution is -0.138. The van der Waals surface area contributed by atoms with Crippen LogP contribution in [0.25, 0.3) is 0 Å². The Labute approximate surface area is 89.8 Å². The van der Waals surface area contributed by atoms with E-state index in [1.807, 2.05) is 0 Å². The smallest absolute Gasteiger partial charge is 0.251 e. The molecule has 1 unspecified atom stereocenters. The molecule has 1 saturated heterocycles. The van der Waals surface area contributed by atoms with Gasteiger partial charge in [-0.25, -0.2) is 8.42 Å². The van der Waals surface area contributed by atoms with E-state index in [1.165, 1.54) is 13.8 Å². The van der Waals surface area contributed by atoms with Crippen molar-refractivity contribution in [3.8, 4) is 0 Å². The average Bonchev–Trinajstić information content (AvgIpc) is 2.23. The third kappa shape index (κ3) is 3.17. The zero-order valence-electron chi connectivity index (χ0n) is 9.20. The van der Waals surface area contributed by atoms with Crippen LogP contribution in [0.3, 0.4) is 0 Å². The average molecular weight is 235 g/mol. The molecule has 0 saturated carbocycles. The molecule has 0 aromatic carbocycles. The number of rotatable bonds is 2. The number of hydrogen-bond donors (Lipinski definition) is 2. The van der Waals surface area contributed by atoms with Crippen LogP contribution in [0.5, 0.6) is 0 Å². The van der Waals surface area contributed by atoms with Crippen LogP contribution >= 0.6 is 0 Å². The largest absolute Gasteiger partial charge is 0.381 e. The Balaban J connectivity index is 2.72. The van der Waals surface area contributed by atoms with Gasteiger partial charge in [0.05, 0.1) is 17.0 Å². The summed E-state index contributed by atoms with van der Waals surface area (Å²) in [5.74, 6) is -0.501. The van der Waals surface area contributed by atoms with Crippen LogP contribution in [0, 0.1) is 0 Å². The highest BCUT2D eigenvalue weighted by atomic mass is 32.2. The van der Waals surface area contributed by atoms with Crippen LogP contribution in [0.4, 0.5) is 0 Å². The molecule has 1 fully saturated rings. The van der Waals surface area contributed by atoms with E-state index in [0.717, 1.165) is 0 Å². The van der Waals surface area contributed by atoms with Crippen molar-refractivity contribution in [3.63, 3.8) is 0 Å². The molecule has 1 amide bonds. The molecule has 2 N–H and O–H groups in total. The van der Waals surface area contributed by atoms with E-state index >= 15 is 0 Å². The SMILES string of the molecule is CC1(NC(=O)C(C)(C)O)CCS(=O)(=O)C1. The molecule has 5 nitrogen and oxygen atoms in total. The summed E-state index contributed by atoms with van der Waals surface area (Å²) in [6.45, 7) is 4.42. The van der Waals surface area contributed by atoms with E-state index in [4.69, 9.17) is 0 Å². The Kier molecular flexibility index (Phi) is 2.86. The first-order valence-corrected chi connectivity index (χ1v) is 6.62. The molecule has 88 valence electrons. The van der Waals surface area contributed by atoms with Gasteiger partial charge in [-0.15, -0.1) is 0 Å². The van der Waals surface area contributed by atoms with Gasteiger partial charge < -0.3 is 10.4 Å². The summed E-state index contributed by atoms with van der Waals surface area (Å²) in [7, 11) is -3.04. The minimum absolute atomic E-state index is 0.0537. The van der Waals surface area contributed by atoms with Crippen LogP contribution in [-0.4, -0.2) is 42.1 Å². The van der Waals surface area contributed by atoms with Crippen LogP contribution < -0.4 is 5.32 Å². The summed E-state index contributed by atoms with van der Waals surface area (Å²) in [6, 6.07) is 0. The van der Waals surface area contributed by atoms with Crippen molar-refractivity contribution in [2.75, 3.05) is 11.5 Å². The molecule has 6 heteroatoms. The van der Waals surface area contributed by atoms with Gasteiger partial charge in [-0.1, -0.05) is 0 Å². The molecule has 0 aromatic rings. The topological polar surface area (TPSA) is 83.5 Å². The molecule has 0 aromatic heterocycles. The Morgan fingerprint density at radius 1 is 1.47 bits per heavy atom. The fourth-order valence-electron chi connectivity index (χ4n) is 1.54. The second kappa shape index (κ2) is 3.45. The predicted molar refractivity (Wildman–Crippen MR) is 56.1 cm³/mol. The van der Waals surface area contributed by atoms with Gasteiger partial charge >= 0.3 is 0 Å². The van der Waals surface area contributed by atoms with Gasteiger partial charge in [-0.2, -0.15) is 0 Å². The maximum Gasteiger partial charge on any atom is 0.251 e. The fourth-order valence-corrected chi connectivity index (χ4v) is 3.63. The number of sulfone groups is 1. The molecule has 1 aliphatic heterocycles. The van der Waals surface area contributed by atoms with Crippen LogP contribution in [0.15, 0.2) is 0 Å². The molecule has 1 rings (SSSR count). The van der Waals surface area contributed by atoms with Crippen molar-refractivity contribution >= 4 is 15.7 Å². The third-order valence-corrected chi connectivity index (χ3v) is 4.38. The van der Waals surface area contributed by atoms with Gasteiger partial charge in [0.25, 0.3) is 5.91 Å². The Hall–Kier alpha value is -0.620. The quantitative estimate of drug-likeness (QED) is 0.672. The lowest BCUT2D eigenvalue weighted by Crippen LogP contribution is -2.53. The Bertz CT molecular complexity index is 368. The van der Waals surface area contributed by atoms with Gasteiger partial charge in [0.2, 0.25) is 0 Å². The molecule has 1 aliphatic rings. The Morgan fingerprint density at radius 3 is 2.33 bits per heavy atom. The van der Waals surface area contributed by atoms with Gasteiger partial charge in [-0.05, 0) is 27.2 Å². The summed E-state index contributed by atoms with van der Waals surface area (Å²) >= 11 is 0. The highest BCUT2D eigenvalue weighted by Gasteiger charge is 2.41. The van der Waals surface area contributed by atoms with Crippen LogP contribution in [0.2, 0.25) is 0 Å². The second-order valence-corrected chi connectivity index (χ2v) is 7.10. The minimum atomic E-state index is -3.04. The van der Waals surface area contributed by atoms with Crippen molar-refractivity contribution in [1.29, 1.82) is 0 Å². The lowest BCUT2D eigenvalue weighted by atomic mass is 9.99. The van der Waals surface area contributed by atoms with E-state index in [2.05, 4.69) is 5.32 Å². The van der Waals surface area contributed by atoms with Gasteiger partial charge in [0.15, 0.2) is 9.84 Å². The standard InChI is InChI=1S/C9H17NO4S/c1-8(2,12)7(11)10-9(3)4-5-15(13,14)6-9/h12H,4-6H2,1-3H3,(H,10,11). The summed E-state index contributed by atoms with van der Waals surface area (Å²) < 4.78 is 22.5. The molecule has 0 spiro atoms. The number of carbonyl (C=O) groups is 1. The first-order chi connectivity index (χ1) is 6.54. The first-order valence-electron chi connectivity index (χ1n) is 4.80. The predicted octanol–water partition coefficient (Wildman–Crippen LogP) is -0.549. The number of amides is 1. The van der Waals surface area contributed by atoms with E-state index in [0.29, 0.717) is 6.42 Å². The van der Waals surface area contributed by atoms with E-state index < -0.39 is 26.9 Å². The molecular formula is C9H17NO4S. The monoisotopic (exact) mass is 235 g/mol. The summed E-state index contributed by atoms with van der Waals surface area (Å²) in [6.07, 6.45) is 0.400. The van der Waals surface area contributed by atoms with Crippen molar-refractivity contribution in [2.45, 2.75) is 38.3 Å². The molecule has 15 heavy (non-hydrogen) atoms. The highest BCUT2D eigenvalue weighted by molar-refractivity contribution is 7.91. The second-order valence-electron chi connectivity index (χ2n) is 4.92. The lowest BCUT2D eigenvalue weighted by Gasteiger charge is -2.28. The number of carbonyl (C=O) groups excluding carboxylic acids is 1. The van der Waals surface area contributed by atoms with Crippen LogP contribution in [0.1, 0.15) is 27.2 Å². The minimum Gasteiger partial charge on any atom is -0.381 e. The fraction of sp³-hybridized carbons (Fsp3) is 0.889. The summed E-state index contributed by atoms with van der Waals surface area (Å²) in [5, 5.41) is 12.0. The molecule has 0 aliphatic carbocycles. The summed E-state index contributed by atoms with van der Waals surface area (Å²) in [5.41, 5.74) is -2.22. The van der Waals surface area contributed by atoms with Crippen molar-refractivity contribution in [1.82, 2.24) is 5.32 Å². The third-order valence-electron chi connectivity index (χ3n) is 2.47. The molecule has 1 heterocycles. The first kappa shape index (κ1) is 12.4. The van der Waals surface area contributed by atoms with E-state index in [9.17, 15) is 18.3 Å². The van der Waals surface area contributed by atoms with Crippen molar-refractivity contribution in [3.05, 3.63) is 0 Å². The van der Waals surface area contributed by atoms with Crippen molar-refractivity contribution < 1.29 is 18.3 Å². The van der Waals surface area contributed by atoms with Gasteiger partial charge in [-0.3, -0.25) is 4.79 Å². The zero-order valence-corrected chi connectivity index (χ0v) is 10.0. The normalized spacial score (nSPS) is 30.1. The van der Waals surface area contributed by atoms with E-state index in [1.54, 1.807) is 6.92 Å². The Morgan fingerprint density at radius 2 is 2.00 bits per heavy atom. The molecular weight excluding hydrogens is 218 g/mol. The van der Waals surface area contributed by atoms with Gasteiger partial charge in [0, 0.05) is 0 Å². The van der Waals surface area contributed by atoms with Crippen LogP contribution in [-0.2, 0) is 14.6 Å². The zero-order chi connectivity index (χ0) is 11.9. The number of nitrogens with one attached hydrogen (secondary N) is 1. The molecule has 0 radical (unpaired) electrons. The number of aliphatic hydroxyl groups is 1. The van der Waals surface area contributed by atoms with Gasteiger partial charge in [0.1, 0.15) is 5.60 Å². The number of hydrogen-bond acceptors (Lipinski definition) is 4. The summed E-state index contributed by atoms with van der Waals surface area (Å²) in [4.78, 5) is 11.5. The maximum absolute atomic E-state index is 11.5. The molecule has 1 atom stereocenters.